The van der Waals surface area contributed by atoms with Crippen LogP contribution >= 0.6 is 23.2 Å². The number of hydrogen-bond acceptors (Lipinski definition) is 2. The second kappa shape index (κ2) is 4.09. The fraction of sp³-hybridized carbons (Fsp3) is 0. The first-order valence-corrected chi connectivity index (χ1v) is 5.10. The van der Waals surface area contributed by atoms with Gasteiger partial charge in [-0.2, -0.15) is 0 Å². The van der Waals surface area contributed by atoms with E-state index in [1.807, 2.05) is 6.07 Å². The highest BCUT2D eigenvalue weighted by Crippen LogP contribution is 2.34. The average molecular weight is 239 g/mol. The van der Waals surface area contributed by atoms with E-state index >= 15 is 0 Å². The molecule has 0 saturated heterocycles. The van der Waals surface area contributed by atoms with E-state index in [-0.39, 0.29) is 0 Å². The van der Waals surface area contributed by atoms with Crippen molar-refractivity contribution in [3.8, 4) is 11.1 Å². The van der Waals surface area contributed by atoms with E-state index in [9.17, 15) is 0 Å². The van der Waals surface area contributed by atoms with E-state index in [0.29, 0.717) is 15.9 Å². The Morgan fingerprint density at radius 1 is 1.07 bits per heavy atom. The van der Waals surface area contributed by atoms with Crippen molar-refractivity contribution in [2.75, 3.05) is 5.73 Å². The minimum Gasteiger partial charge on any atom is -0.384 e. The number of anilines is 1. The number of pyridine rings is 1. The van der Waals surface area contributed by atoms with Crippen molar-refractivity contribution in [2.24, 2.45) is 0 Å². The van der Waals surface area contributed by atoms with E-state index in [1.165, 1.54) is 0 Å². The molecular formula is C11H8Cl2N2. The van der Waals surface area contributed by atoms with Gasteiger partial charge >= 0.3 is 0 Å². The Labute approximate surface area is 97.7 Å². The van der Waals surface area contributed by atoms with Gasteiger partial charge in [-0.25, -0.2) is 4.98 Å². The topological polar surface area (TPSA) is 38.9 Å². The number of aromatic nitrogens is 1. The fourth-order valence-corrected chi connectivity index (χ4v) is 1.99. The van der Waals surface area contributed by atoms with Gasteiger partial charge in [-0.3, -0.25) is 0 Å². The lowest BCUT2D eigenvalue weighted by molar-refractivity contribution is 1.34. The zero-order valence-corrected chi connectivity index (χ0v) is 9.26. The van der Waals surface area contributed by atoms with E-state index in [2.05, 4.69) is 4.98 Å². The Kier molecular flexibility index (Phi) is 2.80. The summed E-state index contributed by atoms with van der Waals surface area (Å²) in [5, 5.41) is 1.21. The zero-order chi connectivity index (χ0) is 10.8. The third kappa shape index (κ3) is 2.06. The molecule has 1 aromatic heterocycles. The third-order valence-corrected chi connectivity index (χ3v) is 2.66. The van der Waals surface area contributed by atoms with Crippen LogP contribution in [0, 0.1) is 0 Å². The van der Waals surface area contributed by atoms with Gasteiger partial charge in [0.25, 0.3) is 0 Å². The molecule has 2 rings (SSSR count). The number of benzene rings is 1. The van der Waals surface area contributed by atoms with Gasteiger partial charge < -0.3 is 5.73 Å². The van der Waals surface area contributed by atoms with Gasteiger partial charge in [-0.15, -0.1) is 0 Å². The highest BCUT2D eigenvalue weighted by Gasteiger charge is 2.07. The number of halogens is 2. The third-order valence-electron chi connectivity index (χ3n) is 2.03. The molecular weight excluding hydrogens is 231 g/mol. The van der Waals surface area contributed by atoms with Crippen LogP contribution in [0.4, 0.5) is 5.82 Å². The number of nitrogens with two attached hydrogens (primary N) is 1. The maximum atomic E-state index is 6.07. The molecule has 15 heavy (non-hydrogen) atoms. The molecule has 76 valence electrons. The smallest absolute Gasteiger partial charge is 0.123 e. The molecule has 0 aliphatic carbocycles. The Hall–Kier alpha value is -1.25. The summed E-state index contributed by atoms with van der Waals surface area (Å²) in [6, 6.07) is 8.95. The van der Waals surface area contributed by atoms with Crippen LogP contribution < -0.4 is 5.73 Å². The number of hydrogen-bond donors (Lipinski definition) is 1. The van der Waals surface area contributed by atoms with E-state index in [1.54, 1.807) is 30.5 Å². The second-order valence-corrected chi connectivity index (χ2v) is 3.88. The van der Waals surface area contributed by atoms with Crippen LogP contribution in [0.5, 0.6) is 0 Å². The predicted molar refractivity (Wildman–Crippen MR) is 64.1 cm³/mol. The second-order valence-electron chi connectivity index (χ2n) is 3.07. The van der Waals surface area contributed by atoms with Gasteiger partial charge in [0.2, 0.25) is 0 Å². The molecule has 2 aromatic rings. The van der Waals surface area contributed by atoms with Crippen LogP contribution in [0.3, 0.4) is 0 Å². The summed E-state index contributed by atoms with van der Waals surface area (Å²) < 4.78 is 0. The molecule has 0 bridgehead atoms. The van der Waals surface area contributed by atoms with E-state index < -0.39 is 0 Å². The normalized spacial score (nSPS) is 10.3. The van der Waals surface area contributed by atoms with Gasteiger partial charge in [-0.05, 0) is 29.8 Å². The molecule has 0 aliphatic rings. The summed E-state index contributed by atoms with van der Waals surface area (Å²) in [5.74, 6) is 0.448. The quantitative estimate of drug-likeness (QED) is 0.825. The highest BCUT2D eigenvalue weighted by molar-refractivity contribution is 6.39. The van der Waals surface area contributed by atoms with Crippen molar-refractivity contribution >= 4 is 29.0 Å². The molecule has 0 fully saturated rings. The maximum Gasteiger partial charge on any atom is 0.123 e. The Morgan fingerprint density at radius 3 is 2.33 bits per heavy atom. The molecule has 0 aliphatic heterocycles. The van der Waals surface area contributed by atoms with Crippen LogP contribution in [0.15, 0.2) is 36.5 Å². The van der Waals surface area contributed by atoms with Gasteiger partial charge in [-0.1, -0.05) is 29.3 Å². The number of nitrogens with zero attached hydrogens (tertiary/aromatic N) is 1. The number of nitrogen functional groups attached to an aromatic ring is 1. The molecule has 2 nitrogen and oxygen atoms in total. The summed E-state index contributed by atoms with van der Waals surface area (Å²) in [6.07, 6.45) is 1.63. The molecule has 2 N–H and O–H groups in total. The van der Waals surface area contributed by atoms with Crippen molar-refractivity contribution in [1.29, 1.82) is 0 Å². The monoisotopic (exact) mass is 238 g/mol. The lowest BCUT2D eigenvalue weighted by Crippen LogP contribution is -1.90. The Morgan fingerprint density at radius 2 is 1.73 bits per heavy atom. The highest BCUT2D eigenvalue weighted by atomic mass is 35.5. The fourth-order valence-electron chi connectivity index (χ4n) is 1.38. The van der Waals surface area contributed by atoms with Crippen molar-refractivity contribution in [3.63, 3.8) is 0 Å². The molecule has 0 spiro atoms. The first-order chi connectivity index (χ1) is 7.18. The van der Waals surface area contributed by atoms with Crippen molar-refractivity contribution in [1.82, 2.24) is 4.98 Å². The van der Waals surface area contributed by atoms with E-state index in [4.69, 9.17) is 28.9 Å². The summed E-state index contributed by atoms with van der Waals surface area (Å²) in [5.41, 5.74) is 7.26. The summed E-state index contributed by atoms with van der Waals surface area (Å²) in [4.78, 5) is 3.92. The van der Waals surface area contributed by atoms with Crippen molar-refractivity contribution < 1.29 is 0 Å². The lowest BCUT2D eigenvalue weighted by Gasteiger charge is -2.06. The molecule has 0 saturated carbocycles. The van der Waals surface area contributed by atoms with Crippen LogP contribution in [0.2, 0.25) is 10.0 Å². The van der Waals surface area contributed by atoms with Gasteiger partial charge in [0.1, 0.15) is 5.82 Å². The van der Waals surface area contributed by atoms with Crippen molar-refractivity contribution in [2.45, 2.75) is 0 Å². The lowest BCUT2D eigenvalue weighted by atomic mass is 10.1. The molecule has 1 aromatic carbocycles. The maximum absolute atomic E-state index is 6.07. The summed E-state index contributed by atoms with van der Waals surface area (Å²) in [7, 11) is 0. The Bertz CT molecular complexity index is 477. The Balaban J connectivity index is 2.63. The van der Waals surface area contributed by atoms with Crippen LogP contribution in [0.25, 0.3) is 11.1 Å². The first kappa shape index (κ1) is 10.3. The van der Waals surface area contributed by atoms with Crippen LogP contribution in [0.1, 0.15) is 0 Å². The molecule has 0 unspecified atom stereocenters. The van der Waals surface area contributed by atoms with Crippen molar-refractivity contribution in [3.05, 3.63) is 46.6 Å². The average Bonchev–Trinajstić information content (AvgIpc) is 2.17. The minimum absolute atomic E-state index is 0.448. The van der Waals surface area contributed by atoms with Crippen LogP contribution in [-0.2, 0) is 0 Å². The SMILES string of the molecule is Nc1cc(-c2c(Cl)cccc2Cl)ccn1. The largest absolute Gasteiger partial charge is 0.384 e. The molecule has 0 atom stereocenters. The predicted octanol–water partition coefficient (Wildman–Crippen LogP) is 3.64. The summed E-state index contributed by atoms with van der Waals surface area (Å²) >= 11 is 12.1. The first-order valence-electron chi connectivity index (χ1n) is 4.34. The van der Waals surface area contributed by atoms with Gasteiger partial charge in [0, 0.05) is 21.8 Å². The number of rotatable bonds is 1. The van der Waals surface area contributed by atoms with Gasteiger partial charge in [0.05, 0.1) is 0 Å². The van der Waals surface area contributed by atoms with E-state index in [0.717, 1.165) is 11.1 Å². The zero-order valence-electron chi connectivity index (χ0n) is 7.74. The molecule has 4 heteroatoms. The molecule has 1 heterocycles. The minimum atomic E-state index is 0.448. The van der Waals surface area contributed by atoms with Crippen LogP contribution in [-0.4, -0.2) is 4.98 Å². The standard InChI is InChI=1S/C11H8Cl2N2/c12-8-2-1-3-9(13)11(8)7-4-5-15-10(14)6-7/h1-6H,(H2,14,15). The molecule has 0 amide bonds. The molecule has 0 radical (unpaired) electrons. The van der Waals surface area contributed by atoms with Gasteiger partial charge in [0.15, 0.2) is 0 Å². The summed E-state index contributed by atoms with van der Waals surface area (Å²) in [6.45, 7) is 0.